The Morgan fingerprint density at radius 2 is 1.76 bits per heavy atom. The van der Waals surface area contributed by atoms with E-state index in [9.17, 15) is 25.2 Å². The average Bonchev–Trinajstić information content (AvgIpc) is 3.29. The molecule has 11 atom stereocenters. The molecule has 1 saturated heterocycles. The maximum Gasteiger partial charge on any atom is 0.335 e. The minimum atomic E-state index is -1.73. The van der Waals surface area contributed by atoms with Gasteiger partial charge in [-0.3, -0.25) is 0 Å². The summed E-state index contributed by atoms with van der Waals surface area (Å²) >= 11 is 0. The van der Waals surface area contributed by atoms with Crippen LogP contribution < -0.4 is 0 Å². The molecule has 0 spiro atoms. The molecule has 0 aromatic carbocycles. The van der Waals surface area contributed by atoms with Gasteiger partial charge in [0.05, 0.1) is 6.10 Å². The molecule has 3 saturated carbocycles. The van der Waals surface area contributed by atoms with E-state index in [-0.39, 0.29) is 6.10 Å². The predicted molar refractivity (Wildman–Crippen MR) is 159 cm³/mol. The molecule has 0 aromatic heterocycles. The molecule has 1 heterocycles. The summed E-state index contributed by atoms with van der Waals surface area (Å²) in [5.41, 5.74) is 3.99. The number of aliphatic hydroxyl groups excluding tert-OH is 3. The van der Waals surface area contributed by atoms with Crippen LogP contribution in [-0.2, 0) is 14.3 Å². The number of hydrogen-bond donors (Lipinski definition) is 4. The lowest BCUT2D eigenvalue weighted by Gasteiger charge is -2.44. The van der Waals surface area contributed by atoms with Gasteiger partial charge >= 0.3 is 5.97 Å². The van der Waals surface area contributed by atoms with Gasteiger partial charge in [-0.15, -0.1) is 0 Å². The summed E-state index contributed by atoms with van der Waals surface area (Å²) in [5.74, 6) is 1.68. The highest BCUT2D eigenvalue weighted by Crippen LogP contribution is 2.59. The fraction of sp³-hybridized carbons (Fsp3) is 0.735. The van der Waals surface area contributed by atoms with Crippen molar-refractivity contribution in [2.45, 2.75) is 123 Å². The van der Waals surface area contributed by atoms with Crippen molar-refractivity contribution in [2.75, 3.05) is 0 Å². The summed E-state index contributed by atoms with van der Waals surface area (Å²) in [6, 6.07) is 0. The average molecular weight is 573 g/mol. The molecule has 41 heavy (non-hydrogen) atoms. The summed E-state index contributed by atoms with van der Waals surface area (Å²) in [6.07, 6.45) is 9.19. The zero-order valence-electron chi connectivity index (χ0n) is 25.5. The summed E-state index contributed by atoms with van der Waals surface area (Å²) in [7, 11) is 0. The maximum atomic E-state index is 11.5. The molecule has 3 aliphatic carbocycles. The topological polar surface area (TPSA) is 116 Å². The van der Waals surface area contributed by atoms with Gasteiger partial charge in [0.25, 0.3) is 0 Å². The van der Waals surface area contributed by atoms with Gasteiger partial charge in [0.1, 0.15) is 18.3 Å². The first kappa shape index (κ1) is 32.2. The van der Waals surface area contributed by atoms with E-state index in [2.05, 4.69) is 65.5 Å². The Bertz CT molecular complexity index is 1040. The Morgan fingerprint density at radius 3 is 2.44 bits per heavy atom. The Hall–Kier alpha value is -1.77. The van der Waals surface area contributed by atoms with Gasteiger partial charge in [0, 0.05) is 0 Å². The first-order valence-electron chi connectivity index (χ1n) is 15.7. The number of carbonyl (C=O) groups is 1. The lowest BCUT2D eigenvalue weighted by atomic mass is 9.61. The number of ether oxygens (including phenoxy) is 2. The molecule has 7 nitrogen and oxygen atoms in total. The van der Waals surface area contributed by atoms with Crippen molar-refractivity contribution in [3.05, 3.63) is 47.6 Å². The Balaban J connectivity index is 1.44. The minimum Gasteiger partial charge on any atom is -0.479 e. The first-order chi connectivity index (χ1) is 19.3. The van der Waals surface area contributed by atoms with E-state index in [1.807, 2.05) is 0 Å². The molecule has 0 aromatic rings. The smallest absolute Gasteiger partial charge is 0.335 e. The second-order valence-electron chi connectivity index (χ2n) is 13.7. The van der Waals surface area contributed by atoms with Crippen LogP contribution in [0.3, 0.4) is 0 Å². The highest BCUT2D eigenvalue weighted by Gasteiger charge is 2.50. The zero-order chi connectivity index (χ0) is 30.1. The highest BCUT2D eigenvalue weighted by atomic mass is 16.7. The summed E-state index contributed by atoms with van der Waals surface area (Å²) < 4.78 is 11.3. The van der Waals surface area contributed by atoms with Crippen LogP contribution in [0.5, 0.6) is 0 Å². The molecular weight excluding hydrogens is 520 g/mol. The van der Waals surface area contributed by atoms with E-state index in [0.717, 1.165) is 24.0 Å². The van der Waals surface area contributed by atoms with Gasteiger partial charge in [0.2, 0.25) is 0 Å². The quantitative estimate of drug-likeness (QED) is 0.282. The van der Waals surface area contributed by atoms with Crippen LogP contribution in [0.1, 0.15) is 86.0 Å². The second kappa shape index (κ2) is 13.3. The monoisotopic (exact) mass is 572 g/mol. The number of carboxylic acid groups (broad SMARTS) is 1. The van der Waals surface area contributed by atoms with E-state index in [1.165, 1.54) is 31.3 Å². The number of carboxylic acids is 1. The number of rotatable bonds is 8. The number of hydrogen-bond acceptors (Lipinski definition) is 6. The SMILES string of the molecule is C=C1CC[C@H](OC2O[C@H](C(=O)O)[C@@H](O)[C@H](O)[C@H]2O)C/C1=C/C=C1\CCC[C@@]2(C)C1CC[C@@H]2[C@H](C)/C=C/[C@H](C)C(C)C. The normalized spacial score (nSPS) is 41.7. The molecule has 7 heteroatoms. The van der Waals surface area contributed by atoms with Crippen LogP contribution in [-0.4, -0.2) is 63.2 Å². The Kier molecular flexibility index (Phi) is 10.4. The molecule has 4 rings (SSSR count). The van der Waals surface area contributed by atoms with Crippen molar-refractivity contribution < 1.29 is 34.7 Å². The molecule has 2 unspecified atom stereocenters. The van der Waals surface area contributed by atoms with Crippen molar-refractivity contribution in [1.82, 2.24) is 0 Å². The van der Waals surface area contributed by atoms with Crippen molar-refractivity contribution in [3.63, 3.8) is 0 Å². The van der Waals surface area contributed by atoms with Crippen LogP contribution in [0.4, 0.5) is 0 Å². The van der Waals surface area contributed by atoms with E-state index in [4.69, 9.17) is 9.47 Å². The molecule has 4 aliphatic rings. The molecule has 0 radical (unpaired) electrons. The molecule has 4 fully saturated rings. The second-order valence-corrected chi connectivity index (χ2v) is 13.7. The van der Waals surface area contributed by atoms with Crippen LogP contribution in [0.25, 0.3) is 0 Å². The van der Waals surface area contributed by atoms with E-state index < -0.39 is 36.7 Å². The van der Waals surface area contributed by atoms with Crippen LogP contribution >= 0.6 is 0 Å². The van der Waals surface area contributed by atoms with Gasteiger partial charge in [-0.2, -0.15) is 0 Å². The van der Waals surface area contributed by atoms with Gasteiger partial charge in [-0.25, -0.2) is 4.79 Å². The Labute approximate surface area is 246 Å². The summed E-state index contributed by atoms with van der Waals surface area (Å²) in [6.45, 7) is 16.1. The van der Waals surface area contributed by atoms with E-state index in [0.29, 0.717) is 47.8 Å². The van der Waals surface area contributed by atoms with Gasteiger partial charge in [-0.05, 0) is 91.9 Å². The third-order valence-electron chi connectivity index (χ3n) is 10.8. The molecule has 0 amide bonds. The largest absolute Gasteiger partial charge is 0.479 e. The predicted octanol–water partition coefficient (Wildman–Crippen LogP) is 5.56. The van der Waals surface area contributed by atoms with Crippen LogP contribution in [0.2, 0.25) is 0 Å². The lowest BCUT2D eigenvalue weighted by Crippen LogP contribution is -2.60. The van der Waals surface area contributed by atoms with Crippen molar-refractivity contribution in [1.29, 1.82) is 0 Å². The minimum absolute atomic E-state index is 0.309. The lowest BCUT2D eigenvalue weighted by molar-refractivity contribution is -0.304. The molecule has 230 valence electrons. The molecule has 1 aliphatic heterocycles. The maximum absolute atomic E-state index is 11.5. The summed E-state index contributed by atoms with van der Waals surface area (Å²) in [4.78, 5) is 11.5. The zero-order valence-corrected chi connectivity index (χ0v) is 25.5. The van der Waals surface area contributed by atoms with Crippen LogP contribution in [0.15, 0.2) is 47.6 Å². The van der Waals surface area contributed by atoms with Crippen LogP contribution in [0, 0.1) is 35.0 Å². The third-order valence-corrected chi connectivity index (χ3v) is 10.8. The van der Waals surface area contributed by atoms with E-state index >= 15 is 0 Å². The first-order valence-corrected chi connectivity index (χ1v) is 15.7. The fourth-order valence-electron chi connectivity index (χ4n) is 7.70. The molecule has 4 N–H and O–H groups in total. The number of aliphatic carboxylic acids is 1. The Morgan fingerprint density at radius 1 is 1.02 bits per heavy atom. The van der Waals surface area contributed by atoms with Crippen molar-refractivity contribution >= 4 is 5.97 Å². The van der Waals surface area contributed by atoms with E-state index in [1.54, 1.807) is 0 Å². The molecular formula is C34H52O7. The third kappa shape index (κ3) is 6.91. The van der Waals surface area contributed by atoms with Crippen molar-refractivity contribution in [2.24, 2.45) is 35.0 Å². The van der Waals surface area contributed by atoms with Gasteiger partial charge < -0.3 is 29.9 Å². The number of aliphatic hydroxyl groups is 3. The standard InChI is InChI=1S/C34H52O7/c1-19(2)20(3)9-10-22(5)26-15-16-27-23(8-7-17-34(26,27)6)12-13-24-18-25(14-11-21(24)4)40-33-30(37)28(35)29(36)31(41-33)32(38)39/h9-10,12-13,19-20,22,25-31,33,35-37H,4,7-8,11,14-18H2,1-3,5-6H3,(H,38,39)/b10-9+,23-12+,24-13-/t20-,22+,25-,26+,27?,28-,29-,30+,31-,33?,34+/m0/s1. The van der Waals surface area contributed by atoms with Gasteiger partial charge in [0.15, 0.2) is 12.4 Å². The van der Waals surface area contributed by atoms with Gasteiger partial charge in [-0.1, -0.05) is 76.6 Å². The highest BCUT2D eigenvalue weighted by molar-refractivity contribution is 5.73. The number of allylic oxidation sites excluding steroid dienone is 6. The fourth-order valence-corrected chi connectivity index (χ4v) is 7.70. The van der Waals surface area contributed by atoms with Crippen molar-refractivity contribution in [3.8, 4) is 0 Å². The number of fused-ring (bicyclic) bond motifs is 1. The molecule has 0 bridgehead atoms. The summed E-state index contributed by atoms with van der Waals surface area (Å²) in [5, 5.41) is 39.8.